The van der Waals surface area contributed by atoms with Crippen molar-refractivity contribution in [2.24, 2.45) is 0 Å². The second-order valence-corrected chi connectivity index (χ2v) is 4.85. The van der Waals surface area contributed by atoms with Crippen molar-refractivity contribution in [3.8, 4) is 0 Å². The van der Waals surface area contributed by atoms with Gasteiger partial charge in [-0.1, -0.05) is 19.8 Å². The highest BCUT2D eigenvalue weighted by Crippen LogP contribution is 2.08. The summed E-state index contributed by atoms with van der Waals surface area (Å²) in [4.78, 5) is 3.94. The summed E-state index contributed by atoms with van der Waals surface area (Å²) in [5, 5.41) is 9.71. The first kappa shape index (κ1) is 12.6. The Labute approximate surface area is 95.9 Å². The van der Waals surface area contributed by atoms with Crippen molar-refractivity contribution in [2.45, 2.75) is 38.8 Å². The highest BCUT2D eigenvalue weighted by atomic mass is 32.2. The first-order chi connectivity index (χ1) is 7.33. The number of unbranched alkanes of at least 4 members (excludes halogenated alkanes) is 2. The van der Waals surface area contributed by atoms with E-state index in [1.165, 1.54) is 19.3 Å². The molecule has 0 amide bonds. The van der Waals surface area contributed by atoms with E-state index in [4.69, 9.17) is 0 Å². The maximum Gasteiger partial charge on any atom is 0.0946 e. The Morgan fingerprint density at radius 1 is 1.47 bits per heavy atom. The quantitative estimate of drug-likeness (QED) is 0.693. The molecule has 0 aliphatic carbocycles. The topological polar surface area (TPSA) is 38.0 Å². The summed E-state index contributed by atoms with van der Waals surface area (Å²) >= 11 is 1.84. The van der Waals surface area contributed by atoms with E-state index in [2.05, 4.69) is 11.9 Å². The molecule has 0 bridgehead atoms. The summed E-state index contributed by atoms with van der Waals surface area (Å²) in [6, 6.07) is 0. The Morgan fingerprint density at radius 2 is 2.33 bits per heavy atom. The lowest BCUT2D eigenvalue weighted by Gasteiger charge is -2.10. The van der Waals surface area contributed by atoms with Gasteiger partial charge >= 0.3 is 0 Å². The van der Waals surface area contributed by atoms with Crippen LogP contribution in [0.1, 0.15) is 26.2 Å². The van der Waals surface area contributed by atoms with Crippen LogP contribution in [0.2, 0.25) is 0 Å². The fraction of sp³-hybridized carbons (Fsp3) is 0.727. The van der Waals surface area contributed by atoms with Crippen molar-refractivity contribution >= 4 is 11.8 Å². The molecule has 3 nitrogen and oxygen atoms in total. The van der Waals surface area contributed by atoms with Crippen LogP contribution in [-0.2, 0) is 6.54 Å². The summed E-state index contributed by atoms with van der Waals surface area (Å²) < 4.78 is 1.91. The maximum atomic E-state index is 9.71. The molecule has 15 heavy (non-hydrogen) atoms. The average Bonchev–Trinajstić information content (AvgIpc) is 2.70. The molecule has 0 saturated carbocycles. The highest BCUT2D eigenvalue weighted by molar-refractivity contribution is 7.99. The number of aromatic nitrogens is 2. The predicted molar refractivity (Wildman–Crippen MR) is 65.1 cm³/mol. The number of hydrogen-bond donors (Lipinski definition) is 1. The van der Waals surface area contributed by atoms with Crippen molar-refractivity contribution in [2.75, 3.05) is 11.5 Å². The van der Waals surface area contributed by atoms with Gasteiger partial charge in [-0.3, -0.25) is 0 Å². The molecule has 1 atom stereocenters. The average molecular weight is 228 g/mol. The lowest BCUT2D eigenvalue weighted by molar-refractivity contribution is 0.178. The van der Waals surface area contributed by atoms with E-state index in [9.17, 15) is 5.11 Å². The number of hydrogen-bond acceptors (Lipinski definition) is 3. The van der Waals surface area contributed by atoms with Crippen LogP contribution in [0, 0.1) is 0 Å². The predicted octanol–water partition coefficient (Wildman–Crippen LogP) is 2.17. The van der Waals surface area contributed by atoms with E-state index in [0.717, 1.165) is 11.5 Å². The maximum absolute atomic E-state index is 9.71. The highest BCUT2D eigenvalue weighted by Gasteiger charge is 2.04. The molecular formula is C11H20N2OS. The SMILES string of the molecule is CCCCCSCC(O)Cn1ccnc1. The van der Waals surface area contributed by atoms with Gasteiger partial charge in [0.15, 0.2) is 0 Å². The molecule has 1 heterocycles. The second kappa shape index (κ2) is 7.77. The summed E-state index contributed by atoms with van der Waals surface area (Å²) in [6.07, 6.45) is 8.92. The molecule has 86 valence electrons. The molecule has 1 unspecified atom stereocenters. The van der Waals surface area contributed by atoms with E-state index in [-0.39, 0.29) is 6.10 Å². The monoisotopic (exact) mass is 228 g/mol. The number of aliphatic hydroxyl groups excluding tert-OH is 1. The van der Waals surface area contributed by atoms with Crippen LogP contribution < -0.4 is 0 Å². The van der Waals surface area contributed by atoms with Gasteiger partial charge in [-0.25, -0.2) is 4.98 Å². The van der Waals surface area contributed by atoms with Gasteiger partial charge in [0.1, 0.15) is 0 Å². The van der Waals surface area contributed by atoms with Crippen molar-refractivity contribution in [1.82, 2.24) is 9.55 Å². The van der Waals surface area contributed by atoms with Crippen LogP contribution >= 0.6 is 11.8 Å². The molecule has 0 saturated heterocycles. The van der Waals surface area contributed by atoms with Gasteiger partial charge in [0.25, 0.3) is 0 Å². The molecule has 0 aliphatic heterocycles. The van der Waals surface area contributed by atoms with Gasteiger partial charge in [-0.15, -0.1) is 0 Å². The Balaban J connectivity index is 2.01. The molecule has 0 radical (unpaired) electrons. The lowest BCUT2D eigenvalue weighted by Crippen LogP contribution is -2.17. The van der Waals surface area contributed by atoms with Crippen LogP contribution in [0.5, 0.6) is 0 Å². The van der Waals surface area contributed by atoms with Crippen LogP contribution in [-0.4, -0.2) is 32.3 Å². The fourth-order valence-electron chi connectivity index (χ4n) is 1.36. The summed E-state index contributed by atoms with van der Waals surface area (Å²) in [6.45, 7) is 2.86. The first-order valence-electron chi connectivity index (χ1n) is 5.54. The van der Waals surface area contributed by atoms with Crippen LogP contribution in [0.15, 0.2) is 18.7 Å². The third-order valence-electron chi connectivity index (χ3n) is 2.18. The van der Waals surface area contributed by atoms with Gasteiger partial charge in [-0.2, -0.15) is 11.8 Å². The molecule has 0 spiro atoms. The van der Waals surface area contributed by atoms with Gasteiger partial charge in [-0.05, 0) is 12.2 Å². The third kappa shape index (κ3) is 5.85. The van der Waals surface area contributed by atoms with E-state index in [1.54, 1.807) is 12.5 Å². The van der Waals surface area contributed by atoms with E-state index in [1.807, 2.05) is 22.5 Å². The molecule has 1 aromatic rings. The smallest absolute Gasteiger partial charge is 0.0946 e. The van der Waals surface area contributed by atoms with Gasteiger partial charge in [0, 0.05) is 18.1 Å². The number of aliphatic hydroxyl groups is 1. The molecule has 0 fully saturated rings. The Bertz CT molecular complexity index is 239. The molecule has 0 aliphatic rings. The standard InChI is InChI=1S/C11H20N2OS/c1-2-3-4-7-15-9-11(14)8-13-6-5-12-10-13/h5-6,10-11,14H,2-4,7-9H2,1H3. The Hall–Kier alpha value is -0.480. The minimum absolute atomic E-state index is 0.258. The lowest BCUT2D eigenvalue weighted by atomic mass is 10.3. The Kier molecular flexibility index (Phi) is 6.52. The largest absolute Gasteiger partial charge is 0.390 e. The first-order valence-corrected chi connectivity index (χ1v) is 6.70. The molecule has 1 rings (SSSR count). The van der Waals surface area contributed by atoms with Crippen molar-refractivity contribution in [3.63, 3.8) is 0 Å². The number of imidazole rings is 1. The summed E-state index contributed by atoms with van der Waals surface area (Å²) in [7, 11) is 0. The van der Waals surface area contributed by atoms with Gasteiger partial charge in [0.2, 0.25) is 0 Å². The van der Waals surface area contributed by atoms with E-state index in [0.29, 0.717) is 6.54 Å². The van der Waals surface area contributed by atoms with Crippen LogP contribution in [0.3, 0.4) is 0 Å². The van der Waals surface area contributed by atoms with Crippen LogP contribution in [0.25, 0.3) is 0 Å². The number of rotatable bonds is 8. The Morgan fingerprint density at radius 3 is 3.00 bits per heavy atom. The van der Waals surface area contributed by atoms with Gasteiger partial charge in [0.05, 0.1) is 19.0 Å². The summed E-state index contributed by atoms with van der Waals surface area (Å²) in [5.74, 6) is 1.98. The molecule has 1 N–H and O–H groups in total. The minimum Gasteiger partial charge on any atom is -0.390 e. The third-order valence-corrected chi connectivity index (χ3v) is 3.38. The van der Waals surface area contributed by atoms with Crippen molar-refractivity contribution in [1.29, 1.82) is 0 Å². The zero-order valence-corrected chi connectivity index (χ0v) is 10.1. The van der Waals surface area contributed by atoms with E-state index < -0.39 is 0 Å². The molecule has 0 aromatic carbocycles. The molecule has 1 aromatic heterocycles. The number of thioether (sulfide) groups is 1. The van der Waals surface area contributed by atoms with Crippen molar-refractivity contribution < 1.29 is 5.11 Å². The fourth-order valence-corrected chi connectivity index (χ4v) is 2.32. The zero-order chi connectivity index (χ0) is 10.9. The number of nitrogens with zero attached hydrogens (tertiary/aromatic N) is 2. The van der Waals surface area contributed by atoms with Gasteiger partial charge < -0.3 is 9.67 Å². The van der Waals surface area contributed by atoms with Crippen molar-refractivity contribution in [3.05, 3.63) is 18.7 Å². The van der Waals surface area contributed by atoms with E-state index >= 15 is 0 Å². The molecule has 4 heteroatoms. The molecular weight excluding hydrogens is 208 g/mol. The second-order valence-electron chi connectivity index (χ2n) is 3.70. The summed E-state index contributed by atoms with van der Waals surface area (Å²) in [5.41, 5.74) is 0. The van der Waals surface area contributed by atoms with Crippen LogP contribution in [0.4, 0.5) is 0 Å². The normalized spacial score (nSPS) is 12.9. The zero-order valence-electron chi connectivity index (χ0n) is 9.30. The minimum atomic E-state index is -0.258.